The zero-order valence-electron chi connectivity index (χ0n) is 10.5. The van der Waals surface area contributed by atoms with Crippen molar-refractivity contribution in [1.29, 1.82) is 0 Å². The molecule has 1 N–H and O–H groups in total. The van der Waals surface area contributed by atoms with E-state index in [9.17, 15) is 0 Å². The van der Waals surface area contributed by atoms with E-state index in [1.807, 2.05) is 0 Å². The third-order valence-electron chi connectivity index (χ3n) is 5.38. The van der Waals surface area contributed by atoms with Crippen LogP contribution in [0.25, 0.3) is 0 Å². The molecule has 2 saturated carbocycles. The van der Waals surface area contributed by atoms with Gasteiger partial charge in [0.25, 0.3) is 0 Å². The lowest BCUT2D eigenvalue weighted by Crippen LogP contribution is -2.28. The first-order valence-corrected chi connectivity index (χ1v) is 6.24. The highest BCUT2D eigenvalue weighted by Crippen LogP contribution is 2.67. The van der Waals surface area contributed by atoms with Crippen molar-refractivity contribution in [3.63, 3.8) is 0 Å². The molecule has 0 amide bonds. The summed E-state index contributed by atoms with van der Waals surface area (Å²) in [5.74, 6) is 1.20. The fraction of sp³-hybridized carbons (Fsp3) is 0.857. The SMILES string of the molecule is CC(/C=C1\CC2CCC1(C)C2(C)C)CO. The lowest BCUT2D eigenvalue weighted by atomic mass is 9.69. The van der Waals surface area contributed by atoms with E-state index in [2.05, 4.69) is 33.8 Å². The predicted octanol–water partition coefficient (Wildman–Crippen LogP) is 3.39. The van der Waals surface area contributed by atoms with Gasteiger partial charge in [0, 0.05) is 6.61 Å². The number of hydrogen-bond acceptors (Lipinski definition) is 1. The normalized spacial score (nSPS) is 42.5. The fourth-order valence-corrected chi connectivity index (χ4v) is 3.67. The van der Waals surface area contributed by atoms with Gasteiger partial charge in [0.05, 0.1) is 0 Å². The number of hydrogen-bond donors (Lipinski definition) is 1. The van der Waals surface area contributed by atoms with Gasteiger partial charge in [-0.15, -0.1) is 0 Å². The molecule has 2 fully saturated rings. The van der Waals surface area contributed by atoms with Crippen molar-refractivity contribution in [1.82, 2.24) is 0 Å². The Hall–Kier alpha value is -0.300. The number of fused-ring (bicyclic) bond motifs is 2. The molecule has 1 heteroatoms. The molecule has 2 aliphatic carbocycles. The van der Waals surface area contributed by atoms with Crippen LogP contribution in [0.4, 0.5) is 0 Å². The molecule has 0 spiro atoms. The predicted molar refractivity (Wildman–Crippen MR) is 63.6 cm³/mol. The fourth-order valence-electron chi connectivity index (χ4n) is 3.67. The van der Waals surface area contributed by atoms with Crippen LogP contribution in [0.1, 0.15) is 47.0 Å². The van der Waals surface area contributed by atoms with E-state index in [1.165, 1.54) is 19.3 Å². The molecule has 86 valence electrons. The Kier molecular flexibility index (Phi) is 2.50. The summed E-state index contributed by atoms with van der Waals surface area (Å²) in [4.78, 5) is 0. The number of rotatable bonds is 2. The van der Waals surface area contributed by atoms with Gasteiger partial charge in [0.2, 0.25) is 0 Å². The Morgan fingerprint density at radius 2 is 2.13 bits per heavy atom. The summed E-state index contributed by atoms with van der Waals surface area (Å²) in [5.41, 5.74) is 2.49. The molecule has 2 rings (SSSR count). The first kappa shape index (κ1) is 11.2. The summed E-state index contributed by atoms with van der Waals surface area (Å²) < 4.78 is 0. The van der Waals surface area contributed by atoms with Gasteiger partial charge in [0.1, 0.15) is 0 Å². The molecular weight excluding hydrogens is 184 g/mol. The summed E-state index contributed by atoms with van der Waals surface area (Å²) in [6.45, 7) is 9.67. The first-order valence-electron chi connectivity index (χ1n) is 6.24. The van der Waals surface area contributed by atoms with E-state index in [1.54, 1.807) is 5.57 Å². The molecule has 1 nitrogen and oxygen atoms in total. The topological polar surface area (TPSA) is 20.2 Å². The average molecular weight is 208 g/mol. The van der Waals surface area contributed by atoms with Gasteiger partial charge in [-0.2, -0.15) is 0 Å². The van der Waals surface area contributed by atoms with E-state index >= 15 is 0 Å². The highest BCUT2D eigenvalue weighted by atomic mass is 16.3. The van der Waals surface area contributed by atoms with Crippen molar-refractivity contribution in [2.24, 2.45) is 22.7 Å². The molecule has 3 atom stereocenters. The van der Waals surface area contributed by atoms with Gasteiger partial charge in [-0.3, -0.25) is 0 Å². The van der Waals surface area contributed by atoms with Crippen molar-refractivity contribution < 1.29 is 5.11 Å². The Morgan fingerprint density at radius 3 is 2.53 bits per heavy atom. The quantitative estimate of drug-likeness (QED) is 0.690. The van der Waals surface area contributed by atoms with Crippen molar-refractivity contribution in [2.75, 3.05) is 6.61 Å². The Bertz CT molecular complexity index is 290. The van der Waals surface area contributed by atoms with Gasteiger partial charge in [0.15, 0.2) is 0 Å². The molecule has 0 radical (unpaired) electrons. The van der Waals surface area contributed by atoms with Gasteiger partial charge >= 0.3 is 0 Å². The van der Waals surface area contributed by atoms with Crippen molar-refractivity contribution in [2.45, 2.75) is 47.0 Å². The minimum atomic E-state index is 0.282. The lowest BCUT2D eigenvalue weighted by molar-refractivity contribution is 0.178. The number of aliphatic hydroxyl groups is 1. The highest BCUT2D eigenvalue weighted by molar-refractivity contribution is 5.29. The molecule has 0 aliphatic heterocycles. The van der Waals surface area contributed by atoms with E-state index in [0.29, 0.717) is 16.7 Å². The zero-order valence-corrected chi connectivity index (χ0v) is 10.5. The Balaban J connectivity index is 2.30. The molecule has 15 heavy (non-hydrogen) atoms. The second-order valence-corrected chi connectivity index (χ2v) is 6.35. The molecule has 2 aliphatic rings. The van der Waals surface area contributed by atoms with Crippen LogP contribution in [0.3, 0.4) is 0 Å². The van der Waals surface area contributed by atoms with Crippen molar-refractivity contribution in [3.8, 4) is 0 Å². The number of aliphatic hydroxyl groups excluding tert-OH is 1. The van der Waals surface area contributed by atoms with Crippen LogP contribution in [0.2, 0.25) is 0 Å². The van der Waals surface area contributed by atoms with E-state index in [4.69, 9.17) is 5.11 Å². The second-order valence-electron chi connectivity index (χ2n) is 6.35. The minimum Gasteiger partial charge on any atom is -0.396 e. The van der Waals surface area contributed by atoms with Crippen LogP contribution >= 0.6 is 0 Å². The van der Waals surface area contributed by atoms with E-state index in [0.717, 1.165) is 5.92 Å². The standard InChI is InChI=1S/C14H24O/c1-10(9-15)7-12-8-11-5-6-14(12,4)13(11,2)3/h7,10-11,15H,5-6,8-9H2,1-4H3/b12-7+. The molecule has 0 saturated heterocycles. The Morgan fingerprint density at radius 1 is 1.47 bits per heavy atom. The summed E-state index contributed by atoms with van der Waals surface area (Å²) in [5, 5.41) is 9.13. The molecule has 0 heterocycles. The summed E-state index contributed by atoms with van der Waals surface area (Å²) in [6, 6.07) is 0. The van der Waals surface area contributed by atoms with Crippen LogP contribution in [0, 0.1) is 22.7 Å². The van der Waals surface area contributed by atoms with E-state index < -0.39 is 0 Å². The largest absolute Gasteiger partial charge is 0.396 e. The van der Waals surface area contributed by atoms with Gasteiger partial charge in [-0.05, 0) is 41.9 Å². The minimum absolute atomic E-state index is 0.282. The molecular formula is C14H24O. The third-order valence-corrected chi connectivity index (χ3v) is 5.38. The van der Waals surface area contributed by atoms with Crippen molar-refractivity contribution >= 4 is 0 Å². The molecule has 0 aromatic heterocycles. The number of allylic oxidation sites excluding steroid dienone is 1. The highest BCUT2D eigenvalue weighted by Gasteiger charge is 2.58. The van der Waals surface area contributed by atoms with Crippen molar-refractivity contribution in [3.05, 3.63) is 11.6 Å². The van der Waals surface area contributed by atoms with Gasteiger partial charge in [-0.25, -0.2) is 0 Å². The first-order chi connectivity index (χ1) is 6.91. The van der Waals surface area contributed by atoms with E-state index in [-0.39, 0.29) is 6.61 Å². The smallest absolute Gasteiger partial charge is 0.0491 e. The summed E-state index contributed by atoms with van der Waals surface area (Å²) in [6.07, 6.45) is 6.34. The third kappa shape index (κ3) is 1.39. The van der Waals surface area contributed by atoms with Gasteiger partial charge in [-0.1, -0.05) is 39.3 Å². The maximum Gasteiger partial charge on any atom is 0.0491 e. The van der Waals surface area contributed by atoms with Crippen LogP contribution in [-0.4, -0.2) is 11.7 Å². The zero-order chi connectivity index (χ0) is 11.3. The summed E-state index contributed by atoms with van der Waals surface area (Å²) in [7, 11) is 0. The Labute approximate surface area is 93.6 Å². The lowest BCUT2D eigenvalue weighted by Gasteiger charge is -2.36. The van der Waals surface area contributed by atoms with Crippen LogP contribution in [0.15, 0.2) is 11.6 Å². The maximum atomic E-state index is 9.13. The maximum absolute atomic E-state index is 9.13. The average Bonchev–Trinajstić information content (AvgIpc) is 2.50. The van der Waals surface area contributed by atoms with Crippen LogP contribution in [0.5, 0.6) is 0 Å². The second kappa shape index (κ2) is 3.35. The van der Waals surface area contributed by atoms with Crippen LogP contribution < -0.4 is 0 Å². The van der Waals surface area contributed by atoms with Crippen LogP contribution in [-0.2, 0) is 0 Å². The van der Waals surface area contributed by atoms with Gasteiger partial charge < -0.3 is 5.11 Å². The summed E-state index contributed by atoms with van der Waals surface area (Å²) >= 11 is 0. The molecule has 0 aromatic carbocycles. The molecule has 3 unspecified atom stereocenters. The monoisotopic (exact) mass is 208 g/mol. The molecule has 2 bridgehead atoms. The molecule has 0 aromatic rings.